The maximum Gasteiger partial charge on any atom is 0.416 e. The molecule has 0 aliphatic carbocycles. The van der Waals surface area contributed by atoms with Crippen molar-refractivity contribution in [3.63, 3.8) is 0 Å². The number of aliphatic hydroxyl groups excluding tert-OH is 1. The summed E-state index contributed by atoms with van der Waals surface area (Å²) in [5, 5.41) is 22.5. The van der Waals surface area contributed by atoms with Crippen LogP contribution in [-0.4, -0.2) is 65.7 Å². The highest BCUT2D eigenvalue weighted by Crippen LogP contribution is 2.33. The van der Waals surface area contributed by atoms with Gasteiger partial charge in [-0.2, -0.15) is 17.5 Å². The molecule has 0 radical (unpaired) electrons. The number of nitrogens with one attached hydrogen (secondary N) is 1. The number of carboxylic acids is 1. The summed E-state index contributed by atoms with van der Waals surface area (Å²) in [6, 6.07) is 6.38. The molecular formula is C26H36F3N3O5S. The van der Waals surface area contributed by atoms with Gasteiger partial charge >= 0.3 is 12.1 Å². The minimum atomic E-state index is -4.78. The van der Waals surface area contributed by atoms with Crippen LogP contribution in [0, 0.1) is 0 Å². The third-order valence-electron chi connectivity index (χ3n) is 6.13. The molecule has 0 unspecified atom stereocenters. The molecule has 1 atom stereocenters. The lowest BCUT2D eigenvalue weighted by molar-refractivity contribution is -0.138. The first kappa shape index (κ1) is 31.7. The summed E-state index contributed by atoms with van der Waals surface area (Å²) in [5.74, 6) is -1.09. The topological polar surface area (TPSA) is 120 Å². The van der Waals surface area contributed by atoms with Gasteiger partial charge in [-0.1, -0.05) is 6.07 Å². The Kier molecular flexibility index (Phi) is 11.3. The van der Waals surface area contributed by atoms with Crippen molar-refractivity contribution in [3.05, 3.63) is 59.4 Å². The molecule has 0 aliphatic heterocycles. The van der Waals surface area contributed by atoms with E-state index in [1.165, 1.54) is 7.05 Å². The number of nitrogens with zero attached hydrogens (tertiary/aromatic N) is 2. The first-order chi connectivity index (χ1) is 17.6. The molecule has 0 saturated carbocycles. The van der Waals surface area contributed by atoms with Crippen molar-refractivity contribution in [1.29, 1.82) is 0 Å². The van der Waals surface area contributed by atoms with E-state index in [1.54, 1.807) is 6.20 Å². The predicted octanol–water partition coefficient (Wildman–Crippen LogP) is 3.88. The van der Waals surface area contributed by atoms with Crippen molar-refractivity contribution >= 4 is 16.0 Å². The van der Waals surface area contributed by atoms with Crippen LogP contribution in [0.15, 0.2) is 47.6 Å². The van der Waals surface area contributed by atoms with Gasteiger partial charge in [0.15, 0.2) is 0 Å². The molecule has 1 heterocycles. The standard InChI is InChI=1S/C26H36F3N3O5S/c1-25(2,11-5-8-19-9-6-12-30-16-19)31-17-22(33)18-32(3)38(36,37)23-14-20(7-4-10-24(34)35)13-21(15-23)26(27,28)29/h6,9,12-16,22,31,33H,4-5,7-8,10-11,17-18H2,1-3H3,(H,34,35)/t22-/m1/s1. The Morgan fingerprint density at radius 3 is 2.42 bits per heavy atom. The lowest BCUT2D eigenvalue weighted by atomic mass is 9.95. The summed E-state index contributed by atoms with van der Waals surface area (Å²) >= 11 is 0. The summed E-state index contributed by atoms with van der Waals surface area (Å²) in [7, 11) is -3.16. The Balaban J connectivity index is 2.01. The molecule has 1 aromatic heterocycles. The number of halogens is 3. The van der Waals surface area contributed by atoms with Crippen LogP contribution in [0.1, 0.15) is 56.2 Å². The normalized spacial score (nSPS) is 13.6. The lowest BCUT2D eigenvalue weighted by Gasteiger charge is -2.29. The number of hydrogen-bond acceptors (Lipinski definition) is 6. The number of benzene rings is 1. The van der Waals surface area contributed by atoms with Crippen LogP contribution in [0.25, 0.3) is 0 Å². The van der Waals surface area contributed by atoms with Crippen LogP contribution in [0.4, 0.5) is 13.2 Å². The van der Waals surface area contributed by atoms with E-state index in [9.17, 15) is 31.5 Å². The zero-order chi connectivity index (χ0) is 28.6. The van der Waals surface area contributed by atoms with Gasteiger partial charge in [0.2, 0.25) is 10.0 Å². The highest BCUT2D eigenvalue weighted by Gasteiger charge is 2.34. The van der Waals surface area contributed by atoms with E-state index in [0.717, 1.165) is 41.3 Å². The molecule has 1 aromatic carbocycles. The molecule has 0 bridgehead atoms. The monoisotopic (exact) mass is 559 g/mol. The number of hydrogen-bond donors (Lipinski definition) is 3. The maximum absolute atomic E-state index is 13.4. The van der Waals surface area contributed by atoms with Crippen molar-refractivity contribution in [1.82, 2.24) is 14.6 Å². The van der Waals surface area contributed by atoms with E-state index < -0.39 is 38.7 Å². The fraction of sp³-hybridized carbons (Fsp3) is 0.538. The number of aryl methyl sites for hydroxylation is 2. The molecule has 38 heavy (non-hydrogen) atoms. The van der Waals surface area contributed by atoms with E-state index in [1.807, 2.05) is 32.2 Å². The SMILES string of the molecule is CN(C[C@H](O)CNC(C)(C)CCCc1cccnc1)S(=O)(=O)c1cc(CCCC(=O)O)cc(C(F)(F)F)c1. The van der Waals surface area contributed by atoms with E-state index in [0.29, 0.717) is 6.07 Å². The Morgan fingerprint density at radius 2 is 1.82 bits per heavy atom. The van der Waals surface area contributed by atoms with Gasteiger partial charge in [0.25, 0.3) is 0 Å². The van der Waals surface area contributed by atoms with Crippen molar-refractivity contribution < 1.29 is 36.6 Å². The number of aliphatic carboxylic acids is 1. The Labute approximate surface area is 221 Å². The third kappa shape index (κ3) is 10.3. The zero-order valence-corrected chi connectivity index (χ0v) is 22.6. The fourth-order valence-corrected chi connectivity index (χ4v) is 5.27. The summed E-state index contributed by atoms with van der Waals surface area (Å²) in [6.45, 7) is 3.70. The van der Waals surface area contributed by atoms with Crippen molar-refractivity contribution in [2.45, 2.75) is 75.1 Å². The number of rotatable bonds is 15. The summed E-state index contributed by atoms with van der Waals surface area (Å²) in [5.41, 5.74) is -0.280. The molecular weight excluding hydrogens is 523 g/mol. The van der Waals surface area contributed by atoms with E-state index in [-0.39, 0.29) is 43.5 Å². The predicted molar refractivity (Wildman–Crippen MR) is 137 cm³/mol. The first-order valence-electron chi connectivity index (χ1n) is 12.3. The number of alkyl halides is 3. The molecule has 0 aliphatic rings. The highest BCUT2D eigenvalue weighted by atomic mass is 32.2. The van der Waals surface area contributed by atoms with Crippen LogP contribution in [0.3, 0.4) is 0 Å². The fourth-order valence-electron chi connectivity index (χ4n) is 3.96. The Bertz CT molecular complexity index is 1160. The van der Waals surface area contributed by atoms with Crippen molar-refractivity contribution in [2.24, 2.45) is 0 Å². The Morgan fingerprint density at radius 1 is 1.13 bits per heavy atom. The lowest BCUT2D eigenvalue weighted by Crippen LogP contribution is -2.46. The second-order valence-corrected chi connectivity index (χ2v) is 12.1. The second-order valence-electron chi connectivity index (χ2n) is 10.0. The quantitative estimate of drug-likeness (QED) is 0.303. The van der Waals surface area contributed by atoms with Crippen molar-refractivity contribution in [3.8, 4) is 0 Å². The average Bonchev–Trinajstić information content (AvgIpc) is 2.82. The van der Waals surface area contributed by atoms with Crippen molar-refractivity contribution in [2.75, 3.05) is 20.1 Å². The van der Waals surface area contributed by atoms with E-state index in [2.05, 4.69) is 10.3 Å². The molecule has 0 amide bonds. The molecule has 0 spiro atoms. The average molecular weight is 560 g/mol. The van der Waals surface area contributed by atoms with Gasteiger partial charge in [0.05, 0.1) is 16.6 Å². The zero-order valence-electron chi connectivity index (χ0n) is 21.8. The number of carboxylic acid groups (broad SMARTS) is 1. The van der Waals surface area contributed by atoms with E-state index in [4.69, 9.17) is 5.11 Å². The number of sulfonamides is 1. The van der Waals surface area contributed by atoms with Crippen LogP contribution in [0.2, 0.25) is 0 Å². The van der Waals surface area contributed by atoms with Gasteiger partial charge in [-0.15, -0.1) is 0 Å². The molecule has 8 nitrogen and oxygen atoms in total. The first-order valence-corrected chi connectivity index (χ1v) is 13.8. The van der Waals surface area contributed by atoms with Gasteiger partial charge in [-0.05, 0) is 81.3 Å². The van der Waals surface area contributed by atoms with Gasteiger partial charge in [0.1, 0.15) is 0 Å². The minimum absolute atomic E-state index is 0.0229. The van der Waals surface area contributed by atoms with Crippen LogP contribution in [0.5, 0.6) is 0 Å². The summed E-state index contributed by atoms with van der Waals surface area (Å²) in [4.78, 5) is 14.3. The number of aliphatic hydroxyl groups is 1. The molecule has 2 aromatic rings. The molecule has 3 N–H and O–H groups in total. The number of carbonyl (C=O) groups is 1. The smallest absolute Gasteiger partial charge is 0.416 e. The number of aromatic nitrogens is 1. The van der Waals surface area contributed by atoms with Crippen LogP contribution in [-0.2, 0) is 33.8 Å². The van der Waals surface area contributed by atoms with Crippen LogP contribution >= 0.6 is 0 Å². The second kappa shape index (κ2) is 13.5. The molecule has 212 valence electrons. The van der Waals surface area contributed by atoms with E-state index >= 15 is 0 Å². The highest BCUT2D eigenvalue weighted by molar-refractivity contribution is 7.89. The van der Waals surface area contributed by atoms with Gasteiger partial charge in [0, 0.05) is 44.5 Å². The third-order valence-corrected chi connectivity index (χ3v) is 7.93. The number of pyridine rings is 1. The van der Waals surface area contributed by atoms with Gasteiger partial charge < -0.3 is 15.5 Å². The number of likely N-dealkylation sites (N-methyl/N-ethyl adjacent to an activating group) is 1. The summed E-state index contributed by atoms with van der Waals surface area (Å²) in [6.07, 6.45) is -0.0659. The molecule has 2 rings (SSSR count). The molecule has 12 heteroatoms. The van der Waals surface area contributed by atoms with Gasteiger partial charge in [-0.3, -0.25) is 9.78 Å². The van der Waals surface area contributed by atoms with Gasteiger partial charge in [-0.25, -0.2) is 8.42 Å². The Hall–Kier alpha value is -2.54. The summed E-state index contributed by atoms with van der Waals surface area (Å²) < 4.78 is 67.3. The minimum Gasteiger partial charge on any atom is -0.481 e. The maximum atomic E-state index is 13.4. The largest absolute Gasteiger partial charge is 0.481 e. The molecule has 0 fully saturated rings. The van der Waals surface area contributed by atoms with Crippen LogP contribution < -0.4 is 5.32 Å². The number of β-amino-alcohol motifs (C(OH)–C–C–N with tert-alkyl or cyclic N) is 1. The molecule has 0 saturated heterocycles.